The van der Waals surface area contributed by atoms with Gasteiger partial charge in [-0.2, -0.15) is 0 Å². The molecule has 0 fully saturated rings. The van der Waals surface area contributed by atoms with Crippen LogP contribution in [0.5, 0.6) is 0 Å². The molecule has 0 aliphatic carbocycles. The first kappa shape index (κ1) is 28.9. The van der Waals surface area contributed by atoms with Gasteiger partial charge in [0.2, 0.25) is 21.8 Å². The smallest absolute Gasteiger partial charge is 0.244 e. The first-order valence-electron chi connectivity index (χ1n) is 11.1. The van der Waals surface area contributed by atoms with Gasteiger partial charge in [0.1, 0.15) is 18.4 Å². The van der Waals surface area contributed by atoms with Crippen LogP contribution in [0.3, 0.4) is 0 Å². The van der Waals surface area contributed by atoms with Crippen LogP contribution in [0.2, 0.25) is 10.0 Å². The van der Waals surface area contributed by atoms with Crippen molar-refractivity contribution in [2.24, 2.45) is 5.92 Å². The molecule has 0 saturated heterocycles. The van der Waals surface area contributed by atoms with E-state index in [0.29, 0.717) is 17.1 Å². The lowest BCUT2D eigenvalue weighted by molar-refractivity contribution is -0.140. The average Bonchev–Trinajstić information content (AvgIpc) is 2.76. The summed E-state index contributed by atoms with van der Waals surface area (Å²) in [5, 5.41) is 3.20. The maximum atomic E-state index is 13.6. The number of sulfonamides is 1. The van der Waals surface area contributed by atoms with Crippen LogP contribution >= 0.6 is 23.2 Å². The van der Waals surface area contributed by atoms with Gasteiger partial charge in [0, 0.05) is 18.1 Å². The number of rotatable bonds is 11. The highest BCUT2D eigenvalue weighted by Crippen LogP contribution is 2.30. The molecule has 2 amide bonds. The molecule has 192 valence electrons. The topological polar surface area (TPSA) is 86.8 Å². The third-order valence-electron chi connectivity index (χ3n) is 5.19. The number of anilines is 1. The molecule has 0 spiro atoms. The second-order valence-electron chi connectivity index (χ2n) is 8.58. The van der Waals surface area contributed by atoms with E-state index in [9.17, 15) is 22.4 Å². The summed E-state index contributed by atoms with van der Waals surface area (Å²) in [6, 6.07) is 8.94. The molecule has 2 rings (SSSR count). The van der Waals surface area contributed by atoms with Crippen molar-refractivity contribution in [1.82, 2.24) is 10.2 Å². The van der Waals surface area contributed by atoms with E-state index in [2.05, 4.69) is 5.32 Å². The van der Waals surface area contributed by atoms with Gasteiger partial charge in [0.05, 0.1) is 17.0 Å². The predicted octanol–water partition coefficient (Wildman–Crippen LogP) is 4.48. The average molecular weight is 546 g/mol. The molecule has 0 aliphatic rings. The Morgan fingerprint density at radius 2 is 1.71 bits per heavy atom. The minimum Gasteiger partial charge on any atom is -0.354 e. The lowest BCUT2D eigenvalue weighted by Gasteiger charge is -2.33. The fourth-order valence-electron chi connectivity index (χ4n) is 3.41. The zero-order valence-electron chi connectivity index (χ0n) is 20.1. The van der Waals surface area contributed by atoms with E-state index in [-0.39, 0.29) is 35.5 Å². The fourth-order valence-corrected chi connectivity index (χ4v) is 4.83. The van der Waals surface area contributed by atoms with Crippen LogP contribution in [0.15, 0.2) is 42.5 Å². The quantitative estimate of drug-likeness (QED) is 0.451. The van der Waals surface area contributed by atoms with Gasteiger partial charge in [-0.25, -0.2) is 12.8 Å². The first-order chi connectivity index (χ1) is 16.3. The molecule has 0 unspecified atom stereocenters. The monoisotopic (exact) mass is 545 g/mol. The van der Waals surface area contributed by atoms with Crippen molar-refractivity contribution in [3.63, 3.8) is 0 Å². The Balaban J connectivity index is 2.44. The lowest BCUT2D eigenvalue weighted by Crippen LogP contribution is -2.52. The Morgan fingerprint density at radius 3 is 2.23 bits per heavy atom. The van der Waals surface area contributed by atoms with E-state index in [1.807, 2.05) is 13.8 Å². The molecule has 1 N–H and O–H groups in total. The van der Waals surface area contributed by atoms with Crippen molar-refractivity contribution >= 4 is 50.7 Å². The normalized spacial score (nSPS) is 12.3. The van der Waals surface area contributed by atoms with Gasteiger partial charge in [0.15, 0.2) is 0 Å². The number of nitrogens with zero attached hydrogens (tertiary/aromatic N) is 2. The van der Waals surface area contributed by atoms with Crippen LogP contribution in [-0.4, -0.2) is 50.5 Å². The van der Waals surface area contributed by atoms with Gasteiger partial charge in [-0.3, -0.25) is 13.9 Å². The minimum atomic E-state index is -3.93. The SMILES string of the molecule is CC[C@@H](C(=O)NCC(C)C)N(Cc1ccc(F)cc1)C(=O)CN(c1ccc(Cl)cc1Cl)S(C)(=O)=O. The highest BCUT2D eigenvalue weighted by atomic mass is 35.5. The molecule has 1 atom stereocenters. The number of benzene rings is 2. The molecule has 0 radical (unpaired) electrons. The number of hydrogen-bond donors (Lipinski definition) is 1. The van der Waals surface area contributed by atoms with Crippen LogP contribution in [0, 0.1) is 11.7 Å². The summed E-state index contributed by atoms with van der Waals surface area (Å²) in [6.07, 6.45) is 1.25. The summed E-state index contributed by atoms with van der Waals surface area (Å²) in [5.74, 6) is -1.20. The summed E-state index contributed by atoms with van der Waals surface area (Å²) in [4.78, 5) is 27.9. The molecule has 0 aromatic heterocycles. The second kappa shape index (κ2) is 12.6. The minimum absolute atomic E-state index is 0.0152. The van der Waals surface area contributed by atoms with E-state index >= 15 is 0 Å². The summed E-state index contributed by atoms with van der Waals surface area (Å²) in [7, 11) is -3.93. The molecular weight excluding hydrogens is 516 g/mol. The number of hydrogen-bond acceptors (Lipinski definition) is 4. The molecule has 11 heteroatoms. The Labute approximate surface area is 216 Å². The van der Waals surface area contributed by atoms with E-state index in [0.717, 1.165) is 10.6 Å². The highest BCUT2D eigenvalue weighted by molar-refractivity contribution is 7.92. The zero-order chi connectivity index (χ0) is 26.3. The van der Waals surface area contributed by atoms with Crippen LogP contribution in [0.1, 0.15) is 32.8 Å². The van der Waals surface area contributed by atoms with Crippen molar-refractivity contribution in [2.45, 2.75) is 39.8 Å². The second-order valence-corrected chi connectivity index (χ2v) is 11.3. The van der Waals surface area contributed by atoms with Gasteiger partial charge in [-0.1, -0.05) is 56.1 Å². The van der Waals surface area contributed by atoms with E-state index < -0.39 is 34.3 Å². The molecule has 0 bridgehead atoms. The third-order valence-corrected chi connectivity index (χ3v) is 6.86. The zero-order valence-corrected chi connectivity index (χ0v) is 22.4. The van der Waals surface area contributed by atoms with E-state index in [1.54, 1.807) is 6.92 Å². The molecule has 2 aromatic rings. The number of carbonyl (C=O) groups is 2. The predicted molar refractivity (Wildman–Crippen MR) is 138 cm³/mol. The Kier molecular flexibility index (Phi) is 10.4. The van der Waals surface area contributed by atoms with Gasteiger partial charge >= 0.3 is 0 Å². The molecule has 0 saturated carbocycles. The van der Waals surface area contributed by atoms with Crippen molar-refractivity contribution in [3.8, 4) is 0 Å². The van der Waals surface area contributed by atoms with Crippen molar-refractivity contribution < 1.29 is 22.4 Å². The van der Waals surface area contributed by atoms with Crippen LogP contribution in [-0.2, 0) is 26.2 Å². The molecule has 2 aromatic carbocycles. The van der Waals surface area contributed by atoms with Crippen LogP contribution in [0.4, 0.5) is 10.1 Å². The largest absolute Gasteiger partial charge is 0.354 e. The van der Waals surface area contributed by atoms with E-state index in [1.165, 1.54) is 47.4 Å². The number of amides is 2. The fraction of sp³-hybridized carbons (Fsp3) is 0.417. The van der Waals surface area contributed by atoms with Crippen molar-refractivity contribution in [2.75, 3.05) is 23.7 Å². The van der Waals surface area contributed by atoms with Gasteiger partial charge in [-0.05, 0) is 48.2 Å². The maximum Gasteiger partial charge on any atom is 0.244 e. The standard InChI is InChI=1S/C24H30Cl2FN3O4S/c1-5-21(24(32)28-13-16(2)3)29(14-17-6-9-19(27)10-7-17)23(31)15-30(35(4,33)34)22-11-8-18(25)12-20(22)26/h6-12,16,21H,5,13-15H2,1-4H3,(H,28,32)/t21-/m0/s1. The van der Waals surface area contributed by atoms with Crippen LogP contribution < -0.4 is 9.62 Å². The number of halogens is 3. The first-order valence-corrected chi connectivity index (χ1v) is 13.7. The lowest BCUT2D eigenvalue weighted by atomic mass is 10.1. The third kappa shape index (κ3) is 8.37. The van der Waals surface area contributed by atoms with Gasteiger partial charge < -0.3 is 10.2 Å². The van der Waals surface area contributed by atoms with Crippen molar-refractivity contribution in [1.29, 1.82) is 0 Å². The van der Waals surface area contributed by atoms with Crippen LogP contribution in [0.25, 0.3) is 0 Å². The Bertz CT molecular complexity index is 1140. The Hall–Kier alpha value is -2.36. The molecule has 0 aliphatic heterocycles. The summed E-state index contributed by atoms with van der Waals surface area (Å²) < 4.78 is 39.5. The molecule has 35 heavy (non-hydrogen) atoms. The number of nitrogens with one attached hydrogen (secondary N) is 1. The van der Waals surface area contributed by atoms with Gasteiger partial charge in [-0.15, -0.1) is 0 Å². The molecule has 0 heterocycles. The highest BCUT2D eigenvalue weighted by Gasteiger charge is 2.32. The Morgan fingerprint density at radius 1 is 1.09 bits per heavy atom. The van der Waals surface area contributed by atoms with E-state index in [4.69, 9.17) is 23.2 Å². The summed E-state index contributed by atoms with van der Waals surface area (Å²) >= 11 is 12.2. The summed E-state index contributed by atoms with van der Waals surface area (Å²) in [5.41, 5.74) is 0.677. The molecule has 7 nitrogen and oxygen atoms in total. The molecular formula is C24H30Cl2FN3O4S. The summed E-state index contributed by atoms with van der Waals surface area (Å²) in [6.45, 7) is 5.47. The van der Waals surface area contributed by atoms with Crippen molar-refractivity contribution in [3.05, 3.63) is 63.9 Å². The maximum absolute atomic E-state index is 13.6. The number of carbonyl (C=O) groups excluding carboxylic acids is 2. The van der Waals surface area contributed by atoms with Gasteiger partial charge in [0.25, 0.3) is 0 Å².